The number of aromatic nitrogens is 4. The van der Waals surface area contributed by atoms with Gasteiger partial charge in [-0.2, -0.15) is 0 Å². The Bertz CT molecular complexity index is 2360. The van der Waals surface area contributed by atoms with Gasteiger partial charge < -0.3 is 4.74 Å². The fraction of sp³-hybridized carbons (Fsp3) is 0.304. The smallest absolute Gasteiger partial charge is 0.439 e. The SMILES string of the molecule is CCCc1nc(C)n(-c2ccc3c(c2)C=CC(C)(C)O3)c(=O)c1Cc1ccc(-c2ccccc2-c2noc(=O)[nH]2)cc1.c1ccc(C2CCCCC2)cc1. The second-order valence-corrected chi connectivity index (χ2v) is 14.8. The fourth-order valence-electron chi connectivity index (χ4n) is 7.60. The molecule has 0 amide bonds. The summed E-state index contributed by atoms with van der Waals surface area (Å²) in [6.07, 6.45) is 13.3. The van der Waals surface area contributed by atoms with Gasteiger partial charge in [0.05, 0.1) is 11.4 Å². The third-order valence-electron chi connectivity index (χ3n) is 10.4. The molecule has 8 nitrogen and oxygen atoms in total. The van der Waals surface area contributed by atoms with Crippen molar-refractivity contribution in [3.8, 4) is 34.0 Å². The van der Waals surface area contributed by atoms with Crippen molar-refractivity contribution >= 4 is 6.08 Å². The van der Waals surface area contributed by atoms with E-state index >= 15 is 0 Å². The summed E-state index contributed by atoms with van der Waals surface area (Å²) < 4.78 is 12.5. The molecular weight excluding hydrogens is 673 g/mol. The average molecular weight is 721 g/mol. The van der Waals surface area contributed by atoms with Gasteiger partial charge in [0.25, 0.3) is 5.56 Å². The number of nitrogens with one attached hydrogen (secondary N) is 1. The van der Waals surface area contributed by atoms with Gasteiger partial charge in [0.15, 0.2) is 5.82 Å². The van der Waals surface area contributed by atoms with E-state index in [9.17, 15) is 9.59 Å². The minimum Gasteiger partial charge on any atom is -0.483 e. The van der Waals surface area contributed by atoms with Gasteiger partial charge in [0.1, 0.15) is 17.2 Å². The normalized spacial score (nSPS) is 14.8. The molecule has 4 aromatic carbocycles. The fourth-order valence-corrected chi connectivity index (χ4v) is 7.60. The number of fused-ring (bicyclic) bond motifs is 1. The molecule has 276 valence electrons. The van der Waals surface area contributed by atoms with E-state index in [4.69, 9.17) is 14.2 Å². The first-order valence-corrected chi connectivity index (χ1v) is 19.1. The Morgan fingerprint density at radius 2 is 1.59 bits per heavy atom. The van der Waals surface area contributed by atoms with Crippen LogP contribution in [0.1, 0.15) is 99.0 Å². The van der Waals surface area contributed by atoms with Crippen LogP contribution in [0.25, 0.3) is 34.3 Å². The summed E-state index contributed by atoms with van der Waals surface area (Å²) in [6, 6.07) is 32.6. The molecule has 3 heterocycles. The second-order valence-electron chi connectivity index (χ2n) is 14.8. The number of nitrogens with zero attached hydrogens (tertiary/aromatic N) is 3. The minimum atomic E-state index is -0.598. The Hall–Kier alpha value is -5.76. The van der Waals surface area contributed by atoms with Crippen molar-refractivity contribution in [3.63, 3.8) is 0 Å². The van der Waals surface area contributed by atoms with Crippen LogP contribution >= 0.6 is 0 Å². The molecule has 8 rings (SSSR count). The van der Waals surface area contributed by atoms with Crippen molar-refractivity contribution in [2.45, 2.75) is 90.6 Å². The minimum absolute atomic E-state index is 0.0589. The molecule has 0 unspecified atom stereocenters. The number of aromatic amines is 1. The van der Waals surface area contributed by atoms with Crippen molar-refractivity contribution in [1.82, 2.24) is 19.7 Å². The molecule has 1 saturated carbocycles. The monoisotopic (exact) mass is 720 g/mol. The van der Waals surface area contributed by atoms with E-state index in [1.807, 2.05) is 99.7 Å². The van der Waals surface area contributed by atoms with Gasteiger partial charge >= 0.3 is 5.76 Å². The number of hydrogen-bond donors (Lipinski definition) is 1. The van der Waals surface area contributed by atoms with Gasteiger partial charge in [-0.1, -0.05) is 123 Å². The molecule has 0 saturated heterocycles. The van der Waals surface area contributed by atoms with E-state index in [2.05, 4.69) is 47.4 Å². The van der Waals surface area contributed by atoms with Crippen LogP contribution in [0.3, 0.4) is 0 Å². The van der Waals surface area contributed by atoms with Crippen LogP contribution in [-0.2, 0) is 12.8 Å². The summed E-state index contributed by atoms with van der Waals surface area (Å²) in [4.78, 5) is 33.1. The lowest BCUT2D eigenvalue weighted by Gasteiger charge is -2.28. The molecule has 2 aliphatic rings. The predicted octanol–water partition coefficient (Wildman–Crippen LogP) is 10.0. The summed E-state index contributed by atoms with van der Waals surface area (Å²) in [5, 5.41) is 3.86. The van der Waals surface area contributed by atoms with Crippen LogP contribution < -0.4 is 16.1 Å². The van der Waals surface area contributed by atoms with Crippen molar-refractivity contribution in [1.29, 1.82) is 0 Å². The Kier molecular flexibility index (Phi) is 10.9. The van der Waals surface area contributed by atoms with E-state index in [1.165, 1.54) is 32.1 Å². The van der Waals surface area contributed by atoms with E-state index in [0.717, 1.165) is 63.7 Å². The number of rotatable bonds is 8. The maximum absolute atomic E-state index is 14.1. The van der Waals surface area contributed by atoms with Gasteiger partial charge in [0.2, 0.25) is 0 Å². The van der Waals surface area contributed by atoms with Gasteiger partial charge in [-0.05, 0) is 92.5 Å². The zero-order chi connectivity index (χ0) is 37.7. The summed E-state index contributed by atoms with van der Waals surface area (Å²) in [7, 11) is 0. The lowest BCUT2D eigenvalue weighted by atomic mass is 9.84. The Balaban J connectivity index is 0.000000317. The van der Waals surface area contributed by atoms with E-state index in [0.29, 0.717) is 23.6 Å². The third kappa shape index (κ3) is 8.23. The number of benzene rings is 4. The van der Waals surface area contributed by atoms with Crippen LogP contribution in [0.2, 0.25) is 0 Å². The number of aryl methyl sites for hydroxylation is 2. The van der Waals surface area contributed by atoms with Crippen molar-refractivity contribution in [2.24, 2.45) is 0 Å². The summed E-state index contributed by atoms with van der Waals surface area (Å²) in [6.45, 7) is 8.01. The van der Waals surface area contributed by atoms with E-state index in [1.54, 1.807) is 10.1 Å². The van der Waals surface area contributed by atoms with Gasteiger partial charge in [0, 0.05) is 23.1 Å². The molecule has 0 atom stereocenters. The van der Waals surface area contributed by atoms with Crippen LogP contribution in [0.15, 0.2) is 117 Å². The first kappa shape index (κ1) is 36.6. The van der Waals surface area contributed by atoms with Crippen LogP contribution in [0, 0.1) is 6.92 Å². The lowest BCUT2D eigenvalue weighted by molar-refractivity contribution is 0.159. The molecule has 0 radical (unpaired) electrons. The third-order valence-corrected chi connectivity index (χ3v) is 10.4. The first-order valence-electron chi connectivity index (χ1n) is 19.1. The Morgan fingerprint density at radius 1 is 0.870 bits per heavy atom. The molecule has 1 aliphatic carbocycles. The standard InChI is InChI=1S/C34H32N4O4.C12H16/c1-5-8-29-28(32(39)38(21(2)35-29)25-15-16-30-24(20-25)17-18-34(3,4)41-30)19-22-11-13-23(14-12-22)26-9-6-7-10-27(26)31-36-33(40)42-37-31;1-3-7-11(8-4-1)12-9-5-2-6-10-12/h6-7,9-18,20H,5,8,19H2,1-4H3,(H,36,37,40);1,3-4,7-8,12H,2,5-6,9-10H2. The molecule has 1 fully saturated rings. The zero-order valence-corrected chi connectivity index (χ0v) is 31.6. The largest absolute Gasteiger partial charge is 0.483 e. The highest BCUT2D eigenvalue weighted by molar-refractivity contribution is 5.80. The van der Waals surface area contributed by atoms with Crippen molar-refractivity contribution < 1.29 is 9.26 Å². The van der Waals surface area contributed by atoms with Crippen molar-refractivity contribution in [2.75, 3.05) is 0 Å². The van der Waals surface area contributed by atoms with Crippen LogP contribution in [0.4, 0.5) is 0 Å². The summed E-state index contributed by atoms with van der Waals surface area (Å²) >= 11 is 0. The van der Waals surface area contributed by atoms with Crippen LogP contribution in [-0.4, -0.2) is 25.3 Å². The Morgan fingerprint density at radius 3 is 2.30 bits per heavy atom. The molecule has 0 spiro atoms. The van der Waals surface area contributed by atoms with E-state index in [-0.39, 0.29) is 11.2 Å². The maximum atomic E-state index is 14.1. The first-order chi connectivity index (χ1) is 26.2. The van der Waals surface area contributed by atoms with Crippen molar-refractivity contribution in [3.05, 3.63) is 158 Å². The average Bonchev–Trinajstić information content (AvgIpc) is 3.63. The summed E-state index contributed by atoms with van der Waals surface area (Å²) in [5.74, 6) is 2.10. The topological polar surface area (TPSA) is 103 Å². The lowest BCUT2D eigenvalue weighted by Crippen LogP contribution is -2.29. The summed E-state index contributed by atoms with van der Waals surface area (Å²) in [5.41, 5.74) is 7.99. The van der Waals surface area contributed by atoms with Gasteiger partial charge in [-0.3, -0.25) is 18.9 Å². The highest BCUT2D eigenvalue weighted by atomic mass is 16.5. The molecule has 54 heavy (non-hydrogen) atoms. The molecule has 2 aromatic heterocycles. The highest BCUT2D eigenvalue weighted by Gasteiger charge is 2.23. The molecule has 6 aromatic rings. The van der Waals surface area contributed by atoms with Gasteiger partial charge in [-0.15, -0.1) is 0 Å². The number of ether oxygens (including phenoxy) is 1. The predicted molar refractivity (Wildman–Crippen MR) is 215 cm³/mol. The van der Waals surface area contributed by atoms with Gasteiger partial charge in [-0.25, -0.2) is 9.78 Å². The second kappa shape index (κ2) is 16.1. The zero-order valence-electron chi connectivity index (χ0n) is 31.6. The molecule has 0 bridgehead atoms. The molecule has 1 aliphatic heterocycles. The highest BCUT2D eigenvalue weighted by Crippen LogP contribution is 2.34. The quantitative estimate of drug-likeness (QED) is 0.168. The molecule has 8 heteroatoms. The van der Waals surface area contributed by atoms with E-state index < -0.39 is 5.76 Å². The molecule has 1 N–H and O–H groups in total. The Labute approximate surface area is 316 Å². The maximum Gasteiger partial charge on any atom is 0.439 e. The molecular formula is C46H48N4O4. The number of H-pyrrole nitrogens is 1. The number of hydrogen-bond acceptors (Lipinski definition) is 6. The van der Waals surface area contributed by atoms with Crippen LogP contribution in [0.5, 0.6) is 5.75 Å².